The van der Waals surface area contributed by atoms with E-state index in [4.69, 9.17) is 0 Å². The van der Waals surface area contributed by atoms with Gasteiger partial charge >= 0.3 is 0 Å². The highest BCUT2D eigenvalue weighted by Crippen LogP contribution is 2.09. The Bertz CT molecular complexity index is 96.3. The van der Waals surface area contributed by atoms with Gasteiger partial charge < -0.3 is 4.74 Å². The van der Waals surface area contributed by atoms with Gasteiger partial charge in [-0.3, -0.25) is 10.1 Å². The molecular formula is C7H15NO2. The molecule has 1 N–H and O–H groups in total. The van der Waals surface area contributed by atoms with Gasteiger partial charge in [-0.25, -0.2) is 0 Å². The maximum atomic E-state index is 9.67. The van der Waals surface area contributed by atoms with Crippen molar-refractivity contribution in [3.05, 3.63) is 0 Å². The SMILES string of the molecule is CC(C)(C)CNCOC=O. The molecule has 0 aliphatic heterocycles. The molecule has 0 atom stereocenters. The first-order chi connectivity index (χ1) is 4.56. The molecule has 0 aromatic carbocycles. The van der Waals surface area contributed by atoms with Crippen LogP contribution in [0.25, 0.3) is 0 Å². The smallest absolute Gasteiger partial charge is 0.294 e. The van der Waals surface area contributed by atoms with Crippen molar-refractivity contribution in [1.29, 1.82) is 0 Å². The predicted octanol–water partition coefficient (Wildman–Crippen LogP) is 0.753. The van der Waals surface area contributed by atoms with Crippen LogP contribution in [-0.4, -0.2) is 19.7 Å². The van der Waals surface area contributed by atoms with E-state index in [0.717, 1.165) is 6.54 Å². The molecule has 0 amide bonds. The zero-order valence-corrected chi connectivity index (χ0v) is 6.81. The molecule has 3 nitrogen and oxygen atoms in total. The molecule has 0 heterocycles. The molecule has 10 heavy (non-hydrogen) atoms. The lowest BCUT2D eigenvalue weighted by Crippen LogP contribution is -2.28. The van der Waals surface area contributed by atoms with Crippen molar-refractivity contribution in [2.24, 2.45) is 5.41 Å². The Kier molecular flexibility index (Phi) is 4.03. The topological polar surface area (TPSA) is 38.3 Å². The lowest BCUT2D eigenvalue weighted by atomic mass is 9.97. The van der Waals surface area contributed by atoms with E-state index < -0.39 is 0 Å². The molecule has 0 aliphatic carbocycles. The molecular weight excluding hydrogens is 130 g/mol. The van der Waals surface area contributed by atoms with E-state index in [9.17, 15) is 4.79 Å². The van der Waals surface area contributed by atoms with Gasteiger partial charge in [0.2, 0.25) is 0 Å². The van der Waals surface area contributed by atoms with E-state index in [1.807, 2.05) is 0 Å². The van der Waals surface area contributed by atoms with Crippen LogP contribution in [0.15, 0.2) is 0 Å². The molecule has 0 bridgehead atoms. The standard InChI is InChI=1S/C7H15NO2/c1-7(2,3)4-8-5-10-6-9/h6,8H,4-5H2,1-3H3. The van der Waals surface area contributed by atoms with Crippen LogP contribution in [0.4, 0.5) is 0 Å². The lowest BCUT2D eigenvalue weighted by molar-refractivity contribution is -0.129. The van der Waals surface area contributed by atoms with E-state index in [2.05, 4.69) is 30.8 Å². The number of rotatable bonds is 4. The number of nitrogens with one attached hydrogen (secondary N) is 1. The van der Waals surface area contributed by atoms with Gasteiger partial charge in [0.05, 0.1) is 0 Å². The fourth-order valence-electron chi connectivity index (χ4n) is 0.519. The zero-order chi connectivity index (χ0) is 8.04. The van der Waals surface area contributed by atoms with Crippen molar-refractivity contribution in [3.8, 4) is 0 Å². The Labute approximate surface area is 61.8 Å². The summed E-state index contributed by atoms with van der Waals surface area (Å²) in [7, 11) is 0. The van der Waals surface area contributed by atoms with Crippen LogP contribution >= 0.6 is 0 Å². The number of carbonyl (C=O) groups is 1. The van der Waals surface area contributed by atoms with Crippen LogP contribution in [0, 0.1) is 5.41 Å². The summed E-state index contributed by atoms with van der Waals surface area (Å²) in [5.41, 5.74) is 0.242. The molecule has 0 unspecified atom stereocenters. The normalized spacial score (nSPS) is 11.1. The predicted molar refractivity (Wildman–Crippen MR) is 39.5 cm³/mol. The summed E-state index contributed by atoms with van der Waals surface area (Å²) >= 11 is 0. The summed E-state index contributed by atoms with van der Waals surface area (Å²) < 4.78 is 4.44. The van der Waals surface area contributed by atoms with Crippen molar-refractivity contribution in [1.82, 2.24) is 5.32 Å². The Morgan fingerprint density at radius 2 is 2.10 bits per heavy atom. The van der Waals surface area contributed by atoms with Crippen LogP contribution < -0.4 is 5.32 Å². The van der Waals surface area contributed by atoms with Crippen molar-refractivity contribution < 1.29 is 9.53 Å². The highest BCUT2D eigenvalue weighted by Gasteiger charge is 2.07. The third-order valence-electron chi connectivity index (χ3n) is 0.909. The van der Waals surface area contributed by atoms with Gasteiger partial charge in [-0.15, -0.1) is 0 Å². The minimum absolute atomic E-state index is 0.242. The van der Waals surface area contributed by atoms with Crippen LogP contribution in [0.1, 0.15) is 20.8 Å². The van der Waals surface area contributed by atoms with Crippen molar-refractivity contribution in [3.63, 3.8) is 0 Å². The monoisotopic (exact) mass is 145 g/mol. The molecule has 0 aliphatic rings. The number of ether oxygens (including phenoxy) is 1. The average molecular weight is 145 g/mol. The third-order valence-corrected chi connectivity index (χ3v) is 0.909. The van der Waals surface area contributed by atoms with Crippen LogP contribution in [-0.2, 0) is 9.53 Å². The highest BCUT2D eigenvalue weighted by molar-refractivity contribution is 5.36. The van der Waals surface area contributed by atoms with E-state index in [1.54, 1.807) is 0 Å². The van der Waals surface area contributed by atoms with Crippen molar-refractivity contribution in [2.75, 3.05) is 13.3 Å². The first kappa shape index (κ1) is 9.43. The highest BCUT2D eigenvalue weighted by atomic mass is 16.5. The van der Waals surface area contributed by atoms with Gasteiger partial charge in [0.1, 0.15) is 6.73 Å². The summed E-state index contributed by atoms with van der Waals surface area (Å²) in [6.45, 7) is 7.93. The molecule has 0 rings (SSSR count). The molecule has 0 aromatic rings. The van der Waals surface area contributed by atoms with Crippen molar-refractivity contribution in [2.45, 2.75) is 20.8 Å². The Hall–Kier alpha value is -0.570. The molecule has 0 radical (unpaired) electrons. The maximum Gasteiger partial charge on any atom is 0.294 e. The molecule has 0 saturated heterocycles. The number of carbonyl (C=O) groups excluding carboxylic acids is 1. The molecule has 0 aromatic heterocycles. The van der Waals surface area contributed by atoms with E-state index in [0.29, 0.717) is 13.2 Å². The van der Waals surface area contributed by atoms with Crippen LogP contribution in [0.5, 0.6) is 0 Å². The summed E-state index contributed by atoms with van der Waals surface area (Å²) in [6.07, 6.45) is 0. The second kappa shape index (κ2) is 4.28. The average Bonchev–Trinajstić information content (AvgIpc) is 1.78. The zero-order valence-electron chi connectivity index (χ0n) is 6.81. The molecule has 0 spiro atoms. The second-order valence-electron chi connectivity index (χ2n) is 3.39. The van der Waals surface area contributed by atoms with Gasteiger partial charge in [0.15, 0.2) is 0 Å². The third kappa shape index (κ3) is 7.43. The molecule has 0 saturated carbocycles. The molecule has 60 valence electrons. The Morgan fingerprint density at radius 3 is 2.50 bits per heavy atom. The van der Waals surface area contributed by atoms with E-state index >= 15 is 0 Å². The van der Waals surface area contributed by atoms with Crippen molar-refractivity contribution >= 4 is 6.47 Å². The minimum atomic E-state index is 0.242. The maximum absolute atomic E-state index is 9.67. The number of hydrogen-bond donors (Lipinski definition) is 1. The first-order valence-electron chi connectivity index (χ1n) is 3.32. The van der Waals surface area contributed by atoms with E-state index in [1.165, 1.54) is 0 Å². The summed E-state index contributed by atoms with van der Waals surface area (Å²) in [4.78, 5) is 9.67. The van der Waals surface area contributed by atoms with Crippen LogP contribution in [0.3, 0.4) is 0 Å². The Balaban J connectivity index is 3.12. The summed E-state index contributed by atoms with van der Waals surface area (Å²) in [6, 6.07) is 0. The lowest BCUT2D eigenvalue weighted by Gasteiger charge is -2.17. The second-order valence-corrected chi connectivity index (χ2v) is 3.39. The van der Waals surface area contributed by atoms with Crippen LogP contribution in [0.2, 0.25) is 0 Å². The van der Waals surface area contributed by atoms with Gasteiger partial charge in [0.25, 0.3) is 6.47 Å². The fourth-order valence-corrected chi connectivity index (χ4v) is 0.519. The van der Waals surface area contributed by atoms with Gasteiger partial charge in [-0.1, -0.05) is 20.8 Å². The quantitative estimate of drug-likeness (QED) is 0.360. The number of hydrogen-bond acceptors (Lipinski definition) is 3. The summed E-state index contributed by atoms with van der Waals surface area (Å²) in [5, 5.41) is 2.97. The minimum Gasteiger partial charge on any atom is -0.452 e. The molecule has 3 heteroatoms. The van der Waals surface area contributed by atoms with Gasteiger partial charge in [-0.2, -0.15) is 0 Å². The summed E-state index contributed by atoms with van der Waals surface area (Å²) in [5.74, 6) is 0. The first-order valence-corrected chi connectivity index (χ1v) is 3.32. The molecule has 0 fully saturated rings. The van der Waals surface area contributed by atoms with Gasteiger partial charge in [-0.05, 0) is 5.41 Å². The Morgan fingerprint density at radius 1 is 1.50 bits per heavy atom. The fraction of sp³-hybridized carbons (Fsp3) is 0.857. The largest absolute Gasteiger partial charge is 0.452 e. The van der Waals surface area contributed by atoms with Gasteiger partial charge in [0, 0.05) is 6.54 Å². The van der Waals surface area contributed by atoms with E-state index in [-0.39, 0.29) is 5.41 Å².